The van der Waals surface area contributed by atoms with Crippen molar-refractivity contribution in [3.8, 4) is 34.2 Å². The molecule has 9 rings (SSSR count). The molecular weight excluding hydrogens is 643 g/mol. The molecule has 50 heavy (non-hydrogen) atoms. The molecule has 0 aliphatic heterocycles. The lowest BCUT2D eigenvalue weighted by Gasteiger charge is -2.34. The lowest BCUT2D eigenvalue weighted by Crippen LogP contribution is -2.74. The topological polar surface area (TPSA) is 38.7 Å². The van der Waals surface area contributed by atoms with Crippen LogP contribution in [0.5, 0.6) is 0 Å². The summed E-state index contributed by atoms with van der Waals surface area (Å²) in [5.74, 6) is 1.97. The average molecular weight is 674 g/mol. The molecule has 2 aromatic heterocycles. The van der Waals surface area contributed by atoms with Gasteiger partial charge in [-0.05, 0) is 32.9 Å². The van der Waals surface area contributed by atoms with Crippen LogP contribution < -0.4 is 20.7 Å². The molecule has 0 radical (unpaired) electrons. The quantitative estimate of drug-likeness (QED) is 0.126. The maximum absolute atomic E-state index is 5.01. The van der Waals surface area contributed by atoms with Crippen molar-refractivity contribution in [2.24, 2.45) is 0 Å². The van der Waals surface area contributed by atoms with Crippen LogP contribution in [0, 0.1) is 0 Å². The number of hydrogen-bond donors (Lipinski definition) is 0. The summed E-state index contributed by atoms with van der Waals surface area (Å²) in [5.41, 5.74) is 2.87. The first-order valence-electron chi connectivity index (χ1n) is 16.8. The Kier molecular flexibility index (Phi) is 7.69. The van der Waals surface area contributed by atoms with Gasteiger partial charge < -0.3 is 0 Å². The Morgan fingerprint density at radius 3 is 1.26 bits per heavy atom. The minimum atomic E-state index is -2.78. The van der Waals surface area contributed by atoms with Gasteiger partial charge in [0.2, 0.25) is 0 Å². The number of benzene rings is 7. The molecule has 0 spiro atoms. The van der Waals surface area contributed by atoms with E-state index in [-0.39, 0.29) is 0 Å². The van der Waals surface area contributed by atoms with Gasteiger partial charge in [0.25, 0.3) is 0 Å². The molecule has 0 saturated carbocycles. The number of hydrogen-bond acceptors (Lipinski definition) is 4. The van der Waals surface area contributed by atoms with E-state index < -0.39 is 8.07 Å². The lowest BCUT2D eigenvalue weighted by atomic mass is 10.1. The van der Waals surface area contributed by atoms with Crippen LogP contribution in [-0.2, 0) is 0 Å². The van der Waals surface area contributed by atoms with Crippen LogP contribution in [0.1, 0.15) is 0 Å². The van der Waals surface area contributed by atoms with E-state index in [9.17, 15) is 0 Å². The molecule has 0 saturated heterocycles. The minimum absolute atomic E-state index is 0.655. The Labute approximate surface area is 296 Å². The molecule has 7 aromatic carbocycles. The molecule has 3 nitrogen and oxygen atoms in total. The summed E-state index contributed by atoms with van der Waals surface area (Å²) in [6, 6.07) is 67.4. The Morgan fingerprint density at radius 2 is 0.720 bits per heavy atom. The molecule has 0 N–H and O–H groups in total. The largest absolute Gasteiger partial charge is 0.208 e. The fraction of sp³-hybridized carbons (Fsp3) is 0. The maximum Gasteiger partial charge on any atom is 0.179 e. The second-order valence-electron chi connectivity index (χ2n) is 12.4. The van der Waals surface area contributed by atoms with Crippen LogP contribution in [0.25, 0.3) is 54.3 Å². The smallest absolute Gasteiger partial charge is 0.179 e. The fourth-order valence-corrected chi connectivity index (χ4v) is 13.0. The summed E-state index contributed by atoms with van der Waals surface area (Å²) in [7, 11) is -2.78. The van der Waals surface area contributed by atoms with Gasteiger partial charge in [0.1, 0.15) is 0 Å². The Bertz CT molecular complexity index is 2470. The molecule has 2 heterocycles. The van der Waals surface area contributed by atoms with Crippen molar-refractivity contribution < 1.29 is 0 Å². The van der Waals surface area contributed by atoms with E-state index in [2.05, 4.69) is 127 Å². The molecule has 9 aromatic rings. The SMILES string of the molecule is c1ccc(-c2nc(-c3ccccc3)nc(-c3ccc([Si](c4ccccc4)(c4ccccc4)c4ccc5sc6ccccc6c5c4)cc3)n2)cc1. The van der Waals surface area contributed by atoms with E-state index in [0.717, 1.165) is 16.7 Å². The first-order chi connectivity index (χ1) is 24.8. The van der Waals surface area contributed by atoms with Crippen molar-refractivity contribution in [3.05, 3.63) is 188 Å². The normalized spacial score (nSPS) is 11.6. The van der Waals surface area contributed by atoms with Crippen molar-refractivity contribution in [1.82, 2.24) is 15.0 Å². The fourth-order valence-electron chi connectivity index (χ4n) is 7.14. The van der Waals surface area contributed by atoms with E-state index in [0.29, 0.717) is 17.5 Å². The predicted octanol–water partition coefficient (Wildman–Crippen LogP) is 8.62. The highest BCUT2D eigenvalue weighted by atomic mass is 32.1. The predicted molar refractivity (Wildman–Crippen MR) is 213 cm³/mol. The summed E-state index contributed by atoms with van der Waals surface area (Å²) in [5, 5.41) is 7.98. The monoisotopic (exact) mass is 673 g/mol. The van der Waals surface area contributed by atoms with E-state index in [1.807, 2.05) is 72.0 Å². The summed E-state index contributed by atoms with van der Waals surface area (Å²) >= 11 is 1.86. The molecule has 0 unspecified atom stereocenters. The molecule has 0 atom stereocenters. The van der Waals surface area contributed by atoms with Gasteiger partial charge in [0.15, 0.2) is 25.5 Å². The maximum atomic E-state index is 5.01. The Hall–Kier alpha value is -6.01. The summed E-state index contributed by atoms with van der Waals surface area (Å²) in [4.78, 5) is 14.9. The molecule has 236 valence electrons. The van der Waals surface area contributed by atoms with Crippen molar-refractivity contribution in [3.63, 3.8) is 0 Å². The zero-order valence-corrected chi connectivity index (χ0v) is 29.0. The summed E-state index contributed by atoms with van der Waals surface area (Å²) in [6.45, 7) is 0. The van der Waals surface area contributed by atoms with E-state index in [1.165, 1.54) is 40.9 Å². The van der Waals surface area contributed by atoms with E-state index in [4.69, 9.17) is 15.0 Å². The van der Waals surface area contributed by atoms with Gasteiger partial charge in [0.05, 0.1) is 0 Å². The van der Waals surface area contributed by atoms with Gasteiger partial charge >= 0.3 is 0 Å². The highest BCUT2D eigenvalue weighted by Crippen LogP contribution is 2.33. The van der Waals surface area contributed by atoms with Crippen molar-refractivity contribution in [1.29, 1.82) is 0 Å². The number of rotatable bonds is 7. The highest BCUT2D eigenvalue weighted by Gasteiger charge is 2.41. The highest BCUT2D eigenvalue weighted by molar-refractivity contribution is 7.26. The van der Waals surface area contributed by atoms with Gasteiger partial charge in [0, 0.05) is 36.9 Å². The van der Waals surface area contributed by atoms with Crippen LogP contribution in [0.3, 0.4) is 0 Å². The zero-order chi connectivity index (χ0) is 33.3. The minimum Gasteiger partial charge on any atom is -0.208 e. The number of thiophene rings is 1. The molecule has 0 aliphatic rings. The van der Waals surface area contributed by atoms with Gasteiger partial charge in [-0.2, -0.15) is 0 Å². The second-order valence-corrected chi connectivity index (χ2v) is 17.3. The molecule has 5 heteroatoms. The van der Waals surface area contributed by atoms with Gasteiger partial charge in [-0.15, -0.1) is 11.3 Å². The Morgan fingerprint density at radius 1 is 0.320 bits per heavy atom. The number of nitrogens with zero attached hydrogens (tertiary/aromatic N) is 3. The molecule has 0 fully saturated rings. The molecule has 0 amide bonds. The van der Waals surface area contributed by atoms with Gasteiger partial charge in [-0.3, -0.25) is 0 Å². The van der Waals surface area contributed by atoms with Crippen molar-refractivity contribution in [2.45, 2.75) is 0 Å². The number of aromatic nitrogens is 3. The third kappa shape index (κ3) is 5.24. The Balaban J connectivity index is 1.26. The molecule has 0 bridgehead atoms. The third-order valence-electron chi connectivity index (χ3n) is 9.50. The van der Waals surface area contributed by atoms with Crippen LogP contribution in [0.15, 0.2) is 188 Å². The third-order valence-corrected chi connectivity index (χ3v) is 15.4. The first-order valence-corrected chi connectivity index (χ1v) is 19.6. The van der Waals surface area contributed by atoms with Gasteiger partial charge in [-0.1, -0.05) is 176 Å². The zero-order valence-electron chi connectivity index (χ0n) is 27.1. The van der Waals surface area contributed by atoms with E-state index >= 15 is 0 Å². The standard InChI is InChI=1S/C45H31N3SSi/c1-5-15-32(16-6-1)43-46-44(33-17-7-2-8-18-33)48-45(47-43)34-25-27-37(28-26-34)50(35-19-9-3-10-20-35,36-21-11-4-12-22-36)38-29-30-42-40(31-38)39-23-13-14-24-41(39)49-42/h1-31H. The van der Waals surface area contributed by atoms with Gasteiger partial charge in [-0.25, -0.2) is 15.0 Å². The van der Waals surface area contributed by atoms with Crippen molar-refractivity contribution >= 4 is 60.3 Å². The van der Waals surface area contributed by atoms with Crippen LogP contribution >= 0.6 is 11.3 Å². The number of fused-ring (bicyclic) bond motifs is 3. The molecule has 0 aliphatic carbocycles. The average Bonchev–Trinajstić information content (AvgIpc) is 3.58. The molecular formula is C45H31N3SSi. The summed E-state index contributed by atoms with van der Waals surface area (Å²) < 4.78 is 2.63. The van der Waals surface area contributed by atoms with Crippen LogP contribution in [0.4, 0.5) is 0 Å². The van der Waals surface area contributed by atoms with Crippen LogP contribution in [-0.4, -0.2) is 23.0 Å². The first kappa shape index (κ1) is 30.1. The van der Waals surface area contributed by atoms with Crippen LogP contribution in [0.2, 0.25) is 0 Å². The summed E-state index contributed by atoms with van der Waals surface area (Å²) in [6.07, 6.45) is 0. The van der Waals surface area contributed by atoms with Crippen molar-refractivity contribution in [2.75, 3.05) is 0 Å². The van der Waals surface area contributed by atoms with E-state index in [1.54, 1.807) is 0 Å². The second kappa shape index (κ2) is 12.8. The lowest BCUT2D eigenvalue weighted by molar-refractivity contribution is 1.07.